The summed E-state index contributed by atoms with van der Waals surface area (Å²) >= 11 is 0. The topological polar surface area (TPSA) is 101 Å². The van der Waals surface area contributed by atoms with Crippen LogP contribution in [0.4, 0.5) is 0 Å². The van der Waals surface area contributed by atoms with Crippen LogP contribution in [0, 0.1) is 52.2 Å². The lowest BCUT2D eigenvalue weighted by atomic mass is 9.58. The predicted molar refractivity (Wildman–Crippen MR) is 103 cm³/mol. The molecule has 0 spiro atoms. The van der Waals surface area contributed by atoms with Crippen molar-refractivity contribution in [2.45, 2.75) is 32.7 Å². The van der Waals surface area contributed by atoms with Crippen LogP contribution >= 0.6 is 0 Å². The standard InChI is InChI=1S/C22H23N5/c1-14(2)27-9-8-17-18(10-23)21(26)22(12-24,13-25)20(19(17)11-27)16-6-4-15(3)5-7-16/h4-8,14,19-20H,9,11,26H2,1-3H3/t19-,20-/m1/s1. The van der Waals surface area contributed by atoms with Gasteiger partial charge < -0.3 is 5.73 Å². The molecule has 1 aromatic rings. The number of hydrogen-bond donors (Lipinski definition) is 1. The first-order chi connectivity index (χ1) is 12.9. The summed E-state index contributed by atoms with van der Waals surface area (Å²) in [4.78, 5) is 2.30. The molecule has 0 amide bonds. The van der Waals surface area contributed by atoms with Gasteiger partial charge in [0.1, 0.15) is 6.07 Å². The average Bonchev–Trinajstić information content (AvgIpc) is 2.67. The van der Waals surface area contributed by atoms with Gasteiger partial charge in [0.2, 0.25) is 0 Å². The van der Waals surface area contributed by atoms with Gasteiger partial charge >= 0.3 is 0 Å². The Labute approximate surface area is 160 Å². The van der Waals surface area contributed by atoms with Crippen molar-refractivity contribution in [1.82, 2.24) is 4.90 Å². The second-order valence-corrected chi connectivity index (χ2v) is 7.63. The fourth-order valence-electron chi connectivity index (χ4n) is 4.27. The summed E-state index contributed by atoms with van der Waals surface area (Å²) in [6, 6.07) is 14.8. The monoisotopic (exact) mass is 357 g/mol. The third-order valence-electron chi connectivity index (χ3n) is 5.86. The third kappa shape index (κ3) is 2.80. The maximum absolute atomic E-state index is 10.0. The lowest BCUT2D eigenvalue weighted by molar-refractivity contribution is 0.174. The molecule has 0 saturated heterocycles. The Hall–Kier alpha value is -3.07. The molecule has 3 rings (SSSR count). The zero-order valence-corrected chi connectivity index (χ0v) is 15.9. The van der Waals surface area contributed by atoms with E-state index in [1.54, 1.807) is 0 Å². The predicted octanol–water partition coefficient (Wildman–Crippen LogP) is 3.13. The normalized spacial score (nSPS) is 24.4. The first-order valence-corrected chi connectivity index (χ1v) is 9.13. The summed E-state index contributed by atoms with van der Waals surface area (Å²) in [5, 5.41) is 29.8. The zero-order chi connectivity index (χ0) is 19.8. The maximum Gasteiger partial charge on any atom is 0.191 e. The van der Waals surface area contributed by atoms with Gasteiger partial charge in [-0.3, -0.25) is 4.90 Å². The number of nitriles is 3. The Morgan fingerprint density at radius 1 is 1.15 bits per heavy atom. The quantitative estimate of drug-likeness (QED) is 0.876. The van der Waals surface area contributed by atoms with Gasteiger partial charge in [-0.05, 0) is 31.9 Å². The van der Waals surface area contributed by atoms with Gasteiger partial charge in [-0.2, -0.15) is 15.8 Å². The van der Waals surface area contributed by atoms with Crippen LogP contribution in [0.5, 0.6) is 0 Å². The van der Waals surface area contributed by atoms with Crippen LogP contribution in [0.15, 0.2) is 47.2 Å². The molecule has 5 heteroatoms. The number of rotatable bonds is 2. The van der Waals surface area contributed by atoms with Gasteiger partial charge in [0.25, 0.3) is 0 Å². The fourth-order valence-corrected chi connectivity index (χ4v) is 4.27. The Bertz CT molecular complexity index is 917. The van der Waals surface area contributed by atoms with E-state index in [2.05, 4.69) is 37.0 Å². The van der Waals surface area contributed by atoms with Crippen molar-refractivity contribution in [3.8, 4) is 18.2 Å². The minimum atomic E-state index is -1.55. The summed E-state index contributed by atoms with van der Waals surface area (Å²) in [6.07, 6.45) is 2.04. The number of nitrogens with two attached hydrogens (primary N) is 1. The number of hydrogen-bond acceptors (Lipinski definition) is 5. The summed E-state index contributed by atoms with van der Waals surface area (Å²) in [5.74, 6) is -0.553. The second kappa shape index (κ2) is 6.92. The van der Waals surface area contributed by atoms with Crippen molar-refractivity contribution in [3.05, 3.63) is 58.3 Å². The van der Waals surface area contributed by atoms with E-state index in [0.717, 1.165) is 23.2 Å². The molecular formula is C22H23N5. The zero-order valence-electron chi connectivity index (χ0n) is 15.9. The summed E-state index contributed by atoms with van der Waals surface area (Å²) in [6.45, 7) is 7.67. The van der Waals surface area contributed by atoms with E-state index < -0.39 is 11.3 Å². The smallest absolute Gasteiger partial charge is 0.191 e. The molecule has 0 saturated carbocycles. The van der Waals surface area contributed by atoms with Gasteiger partial charge in [0, 0.05) is 31.0 Å². The van der Waals surface area contributed by atoms with Gasteiger partial charge in [0.05, 0.1) is 23.4 Å². The molecule has 1 aromatic carbocycles. The Balaban J connectivity index is 2.29. The van der Waals surface area contributed by atoms with E-state index in [-0.39, 0.29) is 11.6 Å². The number of nitrogens with zero attached hydrogens (tertiary/aromatic N) is 4. The molecular weight excluding hydrogens is 334 g/mol. The number of aryl methyl sites for hydroxylation is 1. The lowest BCUT2D eigenvalue weighted by Gasteiger charge is -2.46. The van der Waals surface area contributed by atoms with E-state index in [4.69, 9.17) is 5.73 Å². The van der Waals surface area contributed by atoms with E-state index >= 15 is 0 Å². The molecule has 0 fully saturated rings. The van der Waals surface area contributed by atoms with Crippen LogP contribution in [-0.2, 0) is 0 Å². The molecule has 27 heavy (non-hydrogen) atoms. The molecule has 136 valence electrons. The number of benzene rings is 1. The van der Waals surface area contributed by atoms with E-state index in [1.807, 2.05) is 37.3 Å². The van der Waals surface area contributed by atoms with Gasteiger partial charge in [-0.15, -0.1) is 0 Å². The van der Waals surface area contributed by atoms with Crippen molar-refractivity contribution in [3.63, 3.8) is 0 Å². The maximum atomic E-state index is 10.0. The first-order valence-electron chi connectivity index (χ1n) is 9.13. The Morgan fingerprint density at radius 2 is 1.78 bits per heavy atom. The fraction of sp³-hybridized carbons (Fsp3) is 0.409. The molecule has 2 aliphatic rings. The van der Waals surface area contributed by atoms with E-state index in [9.17, 15) is 15.8 Å². The second-order valence-electron chi connectivity index (χ2n) is 7.63. The molecule has 0 aromatic heterocycles. The molecule has 1 heterocycles. The van der Waals surface area contributed by atoms with Gasteiger partial charge in [-0.1, -0.05) is 35.9 Å². The van der Waals surface area contributed by atoms with Crippen LogP contribution in [-0.4, -0.2) is 24.0 Å². The van der Waals surface area contributed by atoms with Crippen LogP contribution in [0.3, 0.4) is 0 Å². The summed E-state index contributed by atoms with van der Waals surface area (Å²) in [5.41, 5.74) is 8.03. The Morgan fingerprint density at radius 3 is 2.30 bits per heavy atom. The molecule has 1 aliphatic heterocycles. The number of allylic oxidation sites excluding steroid dienone is 2. The largest absolute Gasteiger partial charge is 0.399 e. The van der Waals surface area contributed by atoms with Crippen LogP contribution in [0.25, 0.3) is 0 Å². The molecule has 0 radical (unpaired) electrons. The minimum Gasteiger partial charge on any atom is -0.399 e. The third-order valence-corrected chi connectivity index (χ3v) is 5.86. The highest BCUT2D eigenvalue weighted by Crippen LogP contribution is 2.54. The summed E-state index contributed by atoms with van der Waals surface area (Å²) < 4.78 is 0. The number of fused-ring (bicyclic) bond motifs is 1. The molecule has 0 bridgehead atoms. The lowest BCUT2D eigenvalue weighted by Crippen LogP contribution is -2.49. The van der Waals surface area contributed by atoms with Crippen LogP contribution in [0.2, 0.25) is 0 Å². The minimum absolute atomic E-state index is 0.0843. The molecule has 5 nitrogen and oxygen atoms in total. The van der Waals surface area contributed by atoms with Crippen molar-refractivity contribution >= 4 is 0 Å². The first kappa shape index (κ1) is 18.7. The van der Waals surface area contributed by atoms with Crippen molar-refractivity contribution in [2.75, 3.05) is 13.1 Å². The molecule has 2 N–H and O–H groups in total. The molecule has 1 aliphatic carbocycles. The highest BCUT2D eigenvalue weighted by Gasteiger charge is 2.54. The average molecular weight is 357 g/mol. The van der Waals surface area contributed by atoms with Gasteiger partial charge in [-0.25, -0.2) is 0 Å². The van der Waals surface area contributed by atoms with Crippen molar-refractivity contribution in [2.24, 2.45) is 17.1 Å². The molecule has 2 atom stereocenters. The van der Waals surface area contributed by atoms with E-state index in [0.29, 0.717) is 18.2 Å². The van der Waals surface area contributed by atoms with Crippen molar-refractivity contribution in [1.29, 1.82) is 15.8 Å². The van der Waals surface area contributed by atoms with E-state index in [1.165, 1.54) is 0 Å². The summed E-state index contributed by atoms with van der Waals surface area (Å²) in [7, 11) is 0. The van der Waals surface area contributed by atoms with Crippen molar-refractivity contribution < 1.29 is 0 Å². The highest BCUT2D eigenvalue weighted by molar-refractivity contribution is 5.59. The van der Waals surface area contributed by atoms with Crippen LogP contribution < -0.4 is 5.73 Å². The van der Waals surface area contributed by atoms with Crippen LogP contribution in [0.1, 0.15) is 30.9 Å². The Kier molecular flexibility index (Phi) is 4.79. The SMILES string of the molecule is Cc1ccc([C@@H]2[C@@H]3CN(C(C)C)CC=C3C(C#N)=C(N)C2(C#N)C#N)cc1. The van der Waals surface area contributed by atoms with Gasteiger partial charge in [0.15, 0.2) is 5.41 Å². The highest BCUT2D eigenvalue weighted by atomic mass is 15.2. The molecule has 0 unspecified atom stereocenters.